The molecule has 4 heteroatoms. The number of hydrogen-bond donors (Lipinski definition) is 2. The monoisotopic (exact) mass is 353 g/mol. The molecule has 0 radical (unpaired) electrons. The van der Waals surface area contributed by atoms with E-state index in [-0.39, 0.29) is 12.0 Å². The number of benzene rings is 2. The van der Waals surface area contributed by atoms with E-state index in [0.717, 1.165) is 30.6 Å². The van der Waals surface area contributed by atoms with Crippen molar-refractivity contribution in [3.05, 3.63) is 65.2 Å². The third-order valence-electron chi connectivity index (χ3n) is 4.71. The minimum atomic E-state index is -0.702. The highest BCUT2D eigenvalue weighted by atomic mass is 16.5. The van der Waals surface area contributed by atoms with Crippen LogP contribution in [-0.2, 0) is 12.8 Å². The Bertz CT molecular complexity index is 764. The van der Waals surface area contributed by atoms with Gasteiger partial charge in [-0.05, 0) is 68.9 Å². The van der Waals surface area contributed by atoms with Gasteiger partial charge < -0.3 is 15.2 Å². The van der Waals surface area contributed by atoms with Crippen LogP contribution in [0, 0.1) is 0 Å². The van der Waals surface area contributed by atoms with Gasteiger partial charge in [-0.2, -0.15) is 0 Å². The topological polar surface area (TPSA) is 58.6 Å². The number of aliphatic hydroxyl groups is 1. The molecule has 1 heterocycles. The van der Waals surface area contributed by atoms with E-state index in [1.807, 2.05) is 42.5 Å². The van der Waals surface area contributed by atoms with E-state index in [9.17, 15) is 9.90 Å². The molecule has 0 aliphatic carbocycles. The van der Waals surface area contributed by atoms with Crippen molar-refractivity contribution in [2.75, 3.05) is 6.54 Å². The Morgan fingerprint density at radius 3 is 2.85 bits per heavy atom. The summed E-state index contributed by atoms with van der Waals surface area (Å²) in [6.45, 7) is 4.10. The van der Waals surface area contributed by atoms with Gasteiger partial charge in [-0.25, -0.2) is 0 Å². The molecule has 2 aromatic rings. The number of fused-ring (bicyclic) bond motifs is 1. The molecule has 4 nitrogen and oxygen atoms in total. The Morgan fingerprint density at radius 1 is 1.23 bits per heavy atom. The third kappa shape index (κ3) is 5.09. The zero-order valence-electron chi connectivity index (χ0n) is 15.5. The molecular formula is C22H27NO3. The summed E-state index contributed by atoms with van der Waals surface area (Å²) in [6.07, 6.45) is 3.29. The van der Waals surface area contributed by atoms with Gasteiger partial charge in [0.05, 0.1) is 12.1 Å². The van der Waals surface area contributed by atoms with Crippen molar-refractivity contribution in [2.45, 2.75) is 51.2 Å². The molecule has 1 aliphatic rings. The molecule has 26 heavy (non-hydrogen) atoms. The molecule has 1 amide bonds. The fourth-order valence-corrected chi connectivity index (χ4v) is 3.15. The number of carbonyl (C=O) groups excluding carboxylic acids is 1. The van der Waals surface area contributed by atoms with Crippen molar-refractivity contribution in [2.24, 2.45) is 0 Å². The lowest BCUT2D eigenvalue weighted by molar-refractivity contribution is 0.0714. The van der Waals surface area contributed by atoms with Gasteiger partial charge in [-0.3, -0.25) is 4.79 Å². The molecule has 138 valence electrons. The lowest BCUT2D eigenvalue weighted by atomic mass is 9.98. The van der Waals surface area contributed by atoms with Gasteiger partial charge in [0.2, 0.25) is 0 Å². The summed E-state index contributed by atoms with van der Waals surface area (Å²) in [5.74, 6) is 0.837. The van der Waals surface area contributed by atoms with Gasteiger partial charge in [0.15, 0.2) is 0 Å². The molecule has 2 N–H and O–H groups in total. The van der Waals surface area contributed by atoms with Crippen LogP contribution >= 0.6 is 0 Å². The average molecular weight is 353 g/mol. The maximum Gasteiger partial charge on any atom is 0.251 e. The van der Waals surface area contributed by atoms with E-state index in [2.05, 4.69) is 11.4 Å². The van der Waals surface area contributed by atoms with Gasteiger partial charge in [-0.15, -0.1) is 0 Å². The van der Waals surface area contributed by atoms with Crippen LogP contribution in [0.25, 0.3) is 0 Å². The zero-order chi connectivity index (χ0) is 18.6. The first-order chi connectivity index (χ1) is 12.4. The Kier molecular flexibility index (Phi) is 5.62. The average Bonchev–Trinajstić information content (AvgIpc) is 2.64. The molecule has 3 rings (SSSR count). The summed E-state index contributed by atoms with van der Waals surface area (Å²) in [6, 6.07) is 15.7. The Morgan fingerprint density at radius 2 is 2.04 bits per heavy atom. The van der Waals surface area contributed by atoms with E-state index in [0.29, 0.717) is 18.5 Å². The summed E-state index contributed by atoms with van der Waals surface area (Å²) in [5.41, 5.74) is 2.24. The first-order valence-corrected chi connectivity index (χ1v) is 9.25. The summed E-state index contributed by atoms with van der Waals surface area (Å²) in [4.78, 5) is 12.5. The molecule has 0 unspecified atom stereocenters. The van der Waals surface area contributed by atoms with Gasteiger partial charge in [-0.1, -0.05) is 30.3 Å². The van der Waals surface area contributed by atoms with Crippen molar-refractivity contribution >= 4 is 5.91 Å². The molecule has 0 bridgehead atoms. The van der Waals surface area contributed by atoms with Crippen molar-refractivity contribution < 1.29 is 14.6 Å². The normalized spacial score (nSPS) is 16.5. The lowest BCUT2D eigenvalue weighted by Gasteiger charge is -2.26. The minimum absolute atomic E-state index is 0.00669. The molecule has 1 aliphatic heterocycles. The highest BCUT2D eigenvalue weighted by Crippen LogP contribution is 2.26. The second-order valence-corrected chi connectivity index (χ2v) is 7.61. The molecule has 1 atom stereocenters. The highest BCUT2D eigenvalue weighted by Gasteiger charge is 2.20. The molecule has 0 aromatic heterocycles. The quantitative estimate of drug-likeness (QED) is 0.835. The van der Waals surface area contributed by atoms with E-state index in [4.69, 9.17) is 4.74 Å². The van der Waals surface area contributed by atoms with Crippen molar-refractivity contribution in [3.8, 4) is 5.75 Å². The molecule has 0 fully saturated rings. The predicted molar refractivity (Wildman–Crippen MR) is 103 cm³/mol. The first kappa shape index (κ1) is 18.5. The molecule has 2 aromatic carbocycles. The number of rotatable bonds is 6. The smallest absolute Gasteiger partial charge is 0.251 e. The number of hydrogen-bond acceptors (Lipinski definition) is 3. The van der Waals surface area contributed by atoms with E-state index < -0.39 is 5.60 Å². The lowest BCUT2D eigenvalue weighted by Crippen LogP contribution is -2.37. The van der Waals surface area contributed by atoms with Crippen molar-refractivity contribution in [1.82, 2.24) is 5.32 Å². The Balaban J connectivity index is 1.54. The van der Waals surface area contributed by atoms with E-state index >= 15 is 0 Å². The molecule has 0 spiro atoms. The number of carbonyl (C=O) groups is 1. The maximum atomic E-state index is 12.5. The number of nitrogens with one attached hydrogen (secondary N) is 1. The second kappa shape index (κ2) is 7.92. The maximum absolute atomic E-state index is 12.5. The minimum Gasteiger partial charge on any atom is -0.488 e. The van der Waals surface area contributed by atoms with E-state index in [1.165, 1.54) is 5.56 Å². The van der Waals surface area contributed by atoms with Crippen LogP contribution < -0.4 is 10.1 Å². The van der Waals surface area contributed by atoms with E-state index in [1.54, 1.807) is 13.8 Å². The summed E-state index contributed by atoms with van der Waals surface area (Å²) >= 11 is 0. The number of aryl methyl sites for hydroxylation is 2. The van der Waals surface area contributed by atoms with Gasteiger partial charge in [0.25, 0.3) is 5.91 Å². The van der Waals surface area contributed by atoms with Crippen LogP contribution in [0.4, 0.5) is 0 Å². The second-order valence-electron chi connectivity index (χ2n) is 7.61. The first-order valence-electron chi connectivity index (χ1n) is 9.25. The summed E-state index contributed by atoms with van der Waals surface area (Å²) < 4.78 is 5.98. The summed E-state index contributed by atoms with van der Waals surface area (Å²) in [7, 11) is 0. The Hall–Kier alpha value is -2.33. The van der Waals surface area contributed by atoms with Crippen LogP contribution in [0.15, 0.2) is 48.5 Å². The number of ether oxygens (including phenoxy) is 1. The van der Waals surface area contributed by atoms with Gasteiger partial charge in [0.1, 0.15) is 11.9 Å². The summed E-state index contributed by atoms with van der Waals surface area (Å²) in [5, 5.41) is 12.8. The van der Waals surface area contributed by atoms with Crippen LogP contribution in [0.1, 0.15) is 48.2 Å². The largest absolute Gasteiger partial charge is 0.488 e. The third-order valence-corrected chi connectivity index (χ3v) is 4.71. The zero-order valence-corrected chi connectivity index (χ0v) is 15.5. The molecular weight excluding hydrogens is 326 g/mol. The van der Waals surface area contributed by atoms with Crippen LogP contribution in [-0.4, -0.2) is 29.3 Å². The van der Waals surface area contributed by atoms with Gasteiger partial charge in [0, 0.05) is 5.56 Å². The standard InChI is InChI=1S/C22H27NO3/c1-22(2,25)13-12-16-6-5-8-18(14-16)21(24)23-15-19-11-10-17-7-3-4-9-20(17)26-19/h3-9,14,19,25H,10-13,15H2,1-2H3,(H,23,24)/t19-/m1/s1. The van der Waals surface area contributed by atoms with Crippen molar-refractivity contribution in [1.29, 1.82) is 0 Å². The molecule has 0 saturated heterocycles. The number of para-hydroxylation sites is 1. The SMILES string of the molecule is CC(C)(O)CCc1cccc(C(=O)NC[C@H]2CCc3ccccc3O2)c1. The highest BCUT2D eigenvalue weighted by molar-refractivity contribution is 5.94. The molecule has 0 saturated carbocycles. The van der Waals surface area contributed by atoms with Crippen LogP contribution in [0.2, 0.25) is 0 Å². The van der Waals surface area contributed by atoms with Crippen molar-refractivity contribution in [3.63, 3.8) is 0 Å². The number of amides is 1. The van der Waals surface area contributed by atoms with Crippen LogP contribution in [0.5, 0.6) is 5.75 Å². The van der Waals surface area contributed by atoms with Gasteiger partial charge >= 0.3 is 0 Å². The fraction of sp³-hybridized carbons (Fsp3) is 0.409. The van der Waals surface area contributed by atoms with Crippen LogP contribution in [0.3, 0.4) is 0 Å². The fourth-order valence-electron chi connectivity index (χ4n) is 3.15. The Labute approximate surface area is 155 Å². The predicted octanol–water partition coefficient (Wildman–Crippen LogP) is 3.51.